The zero-order valence-corrected chi connectivity index (χ0v) is 16.8. The molecule has 1 heterocycles. The summed E-state index contributed by atoms with van der Waals surface area (Å²) in [7, 11) is -0.648. The molecular formula is C18H24FN4O4S+. The highest BCUT2D eigenvalue weighted by Gasteiger charge is 2.22. The maximum atomic E-state index is 13.8. The van der Waals surface area contributed by atoms with E-state index >= 15 is 0 Å². The molecule has 0 fully saturated rings. The number of allylic oxidation sites excluding steroid dienone is 1. The summed E-state index contributed by atoms with van der Waals surface area (Å²) in [4.78, 5) is 11.9. The van der Waals surface area contributed by atoms with Crippen molar-refractivity contribution in [3.05, 3.63) is 58.7 Å². The second-order valence-electron chi connectivity index (χ2n) is 6.42. The molecule has 0 aliphatic rings. The lowest BCUT2D eigenvalue weighted by molar-refractivity contribution is -0.353. The first-order chi connectivity index (χ1) is 13.1. The number of hydrogen-bond acceptors (Lipinski definition) is 4. The van der Waals surface area contributed by atoms with Crippen molar-refractivity contribution in [3.63, 3.8) is 0 Å². The number of aromatic nitrogens is 2. The topological polar surface area (TPSA) is 120 Å². The van der Waals surface area contributed by atoms with Gasteiger partial charge in [-0.05, 0) is 24.6 Å². The van der Waals surface area contributed by atoms with Crippen molar-refractivity contribution in [3.8, 4) is 0 Å². The van der Waals surface area contributed by atoms with E-state index in [1.807, 2.05) is 0 Å². The summed E-state index contributed by atoms with van der Waals surface area (Å²) < 4.78 is 40.4. The number of sulfonamides is 1. The Hall–Kier alpha value is -2.56. The number of carboxylic acid groups (broad SMARTS) is 1. The average molecular weight is 411 g/mol. The molecule has 10 heteroatoms. The Bertz CT molecular complexity index is 995. The minimum absolute atomic E-state index is 0.0879. The first-order valence-corrected chi connectivity index (χ1v) is 9.96. The van der Waals surface area contributed by atoms with Crippen molar-refractivity contribution in [2.45, 2.75) is 24.8 Å². The lowest BCUT2D eigenvalue weighted by atomic mass is 10.0. The molecule has 0 aliphatic carbocycles. The average Bonchev–Trinajstić information content (AvgIpc) is 2.90. The van der Waals surface area contributed by atoms with E-state index in [9.17, 15) is 22.7 Å². The Balaban J connectivity index is 2.37. The van der Waals surface area contributed by atoms with E-state index in [4.69, 9.17) is 0 Å². The largest absolute Gasteiger partial charge is 0.477 e. The van der Waals surface area contributed by atoms with E-state index in [1.54, 1.807) is 19.1 Å². The van der Waals surface area contributed by atoms with E-state index in [2.05, 4.69) is 10.8 Å². The van der Waals surface area contributed by atoms with Crippen molar-refractivity contribution in [1.29, 1.82) is 0 Å². The Morgan fingerprint density at radius 3 is 2.43 bits per heavy atom. The summed E-state index contributed by atoms with van der Waals surface area (Å²) in [6, 6.07) is 6.20. The number of aromatic carboxylic acids is 1. The number of carbonyl (C=O) groups is 1. The monoisotopic (exact) mass is 411 g/mol. The SMILES string of the molecule is Cc1nn(C/C(F)=C/C[NH3+])c(C(=O)O)c1Cc1ccc(S(=O)(=O)N(C)C)cc1. The van der Waals surface area contributed by atoms with Crippen molar-refractivity contribution >= 4 is 16.0 Å². The van der Waals surface area contributed by atoms with Gasteiger partial charge in [-0.15, -0.1) is 0 Å². The Kier molecular flexibility index (Phi) is 6.70. The van der Waals surface area contributed by atoms with Crippen LogP contribution < -0.4 is 5.73 Å². The van der Waals surface area contributed by atoms with Gasteiger partial charge in [0.2, 0.25) is 10.0 Å². The summed E-state index contributed by atoms with van der Waals surface area (Å²) in [6.45, 7) is 1.63. The molecule has 0 unspecified atom stereocenters. The molecule has 8 nitrogen and oxygen atoms in total. The van der Waals surface area contributed by atoms with Crippen LogP contribution in [0.2, 0.25) is 0 Å². The summed E-state index contributed by atoms with van der Waals surface area (Å²) in [5.41, 5.74) is 5.09. The molecule has 0 saturated carbocycles. The van der Waals surface area contributed by atoms with Gasteiger partial charge in [0.1, 0.15) is 5.83 Å². The highest BCUT2D eigenvalue weighted by Crippen LogP contribution is 2.22. The Morgan fingerprint density at radius 1 is 1.32 bits per heavy atom. The Morgan fingerprint density at radius 2 is 1.93 bits per heavy atom. The molecule has 1 aromatic carbocycles. The van der Waals surface area contributed by atoms with Gasteiger partial charge in [0.15, 0.2) is 5.69 Å². The molecule has 0 spiro atoms. The number of halogens is 1. The fraction of sp³-hybridized carbons (Fsp3) is 0.333. The van der Waals surface area contributed by atoms with Gasteiger partial charge in [-0.25, -0.2) is 21.9 Å². The van der Waals surface area contributed by atoms with E-state index in [-0.39, 0.29) is 30.1 Å². The van der Waals surface area contributed by atoms with Crippen LogP contribution >= 0.6 is 0 Å². The van der Waals surface area contributed by atoms with Gasteiger partial charge in [-0.1, -0.05) is 12.1 Å². The normalized spacial score (nSPS) is 12.6. The molecule has 0 aliphatic heterocycles. The van der Waals surface area contributed by atoms with E-state index in [0.717, 1.165) is 14.6 Å². The number of hydrogen-bond donors (Lipinski definition) is 2. The van der Waals surface area contributed by atoms with Crippen LogP contribution in [0.5, 0.6) is 0 Å². The van der Waals surface area contributed by atoms with Crippen molar-refractivity contribution in [1.82, 2.24) is 14.1 Å². The predicted molar refractivity (Wildman–Crippen MR) is 101 cm³/mol. The molecule has 1 aromatic heterocycles. The first kappa shape index (κ1) is 21.7. The number of aryl methyl sites for hydroxylation is 1. The predicted octanol–water partition coefficient (Wildman–Crippen LogP) is 0.826. The molecule has 0 atom stereocenters. The van der Waals surface area contributed by atoms with Crippen molar-refractivity contribution < 1.29 is 28.4 Å². The van der Waals surface area contributed by atoms with Crippen molar-refractivity contribution in [2.75, 3.05) is 20.6 Å². The zero-order valence-electron chi connectivity index (χ0n) is 16.0. The number of benzene rings is 1. The summed E-state index contributed by atoms with van der Waals surface area (Å²) >= 11 is 0. The van der Waals surface area contributed by atoms with Crippen LogP contribution in [0.15, 0.2) is 41.1 Å². The lowest BCUT2D eigenvalue weighted by Crippen LogP contribution is -2.49. The van der Waals surface area contributed by atoms with Gasteiger partial charge in [-0.3, -0.25) is 4.68 Å². The molecule has 2 rings (SSSR count). The number of carboxylic acids is 1. The van der Waals surface area contributed by atoms with Crippen LogP contribution in [-0.2, 0) is 23.0 Å². The van der Waals surface area contributed by atoms with Gasteiger partial charge >= 0.3 is 5.97 Å². The minimum Gasteiger partial charge on any atom is -0.477 e. The molecule has 28 heavy (non-hydrogen) atoms. The minimum atomic E-state index is -3.54. The highest BCUT2D eigenvalue weighted by molar-refractivity contribution is 7.89. The smallest absolute Gasteiger partial charge is 0.354 e. The second-order valence-corrected chi connectivity index (χ2v) is 8.58. The van der Waals surface area contributed by atoms with Gasteiger partial charge < -0.3 is 10.8 Å². The summed E-state index contributed by atoms with van der Waals surface area (Å²) in [6.07, 6.45) is 1.50. The number of quaternary nitrogens is 1. The van der Waals surface area contributed by atoms with Crippen LogP contribution in [0.4, 0.5) is 4.39 Å². The van der Waals surface area contributed by atoms with Crippen LogP contribution in [0.3, 0.4) is 0 Å². The van der Waals surface area contributed by atoms with Crippen LogP contribution in [-0.4, -0.2) is 54.2 Å². The fourth-order valence-electron chi connectivity index (χ4n) is 2.74. The standard InChI is InChI=1S/C18H23FN4O4S/c1-12-16(17(18(24)25)23(21-12)11-14(19)8-9-20)10-13-4-6-15(7-5-13)28(26,27)22(2)3/h4-8H,9-11,20H2,1-3H3,(H,24,25)/p+1/b14-8-. The van der Waals surface area contributed by atoms with E-state index in [0.29, 0.717) is 11.3 Å². The molecule has 0 radical (unpaired) electrons. The molecular weight excluding hydrogens is 387 g/mol. The molecule has 2 aromatic rings. The molecule has 0 bridgehead atoms. The van der Waals surface area contributed by atoms with Gasteiger partial charge in [0, 0.05) is 32.2 Å². The second kappa shape index (κ2) is 8.63. The van der Waals surface area contributed by atoms with Gasteiger partial charge in [0.25, 0.3) is 0 Å². The van der Waals surface area contributed by atoms with Crippen LogP contribution in [0.25, 0.3) is 0 Å². The summed E-state index contributed by atoms with van der Waals surface area (Å²) in [5.74, 6) is -1.71. The Labute approximate surface area is 163 Å². The lowest BCUT2D eigenvalue weighted by Gasteiger charge is -2.11. The molecule has 0 saturated heterocycles. The summed E-state index contributed by atoms with van der Waals surface area (Å²) in [5, 5.41) is 13.8. The molecule has 0 amide bonds. The van der Waals surface area contributed by atoms with E-state index < -0.39 is 21.8 Å². The van der Waals surface area contributed by atoms with Crippen molar-refractivity contribution in [2.24, 2.45) is 0 Å². The highest BCUT2D eigenvalue weighted by atomic mass is 32.2. The van der Waals surface area contributed by atoms with E-state index in [1.165, 1.54) is 32.3 Å². The first-order valence-electron chi connectivity index (χ1n) is 8.52. The maximum Gasteiger partial charge on any atom is 0.354 e. The zero-order chi connectivity index (χ0) is 21.1. The quantitative estimate of drug-likeness (QED) is 0.667. The third-order valence-electron chi connectivity index (χ3n) is 4.20. The fourth-order valence-corrected chi connectivity index (χ4v) is 3.64. The number of nitrogens with zero attached hydrogens (tertiary/aromatic N) is 3. The van der Waals surface area contributed by atoms with Crippen LogP contribution in [0, 0.1) is 6.92 Å². The maximum absolute atomic E-state index is 13.8. The van der Waals surface area contributed by atoms with Crippen LogP contribution in [0.1, 0.15) is 27.3 Å². The third-order valence-corrected chi connectivity index (χ3v) is 6.03. The van der Waals surface area contributed by atoms with Gasteiger partial charge in [0.05, 0.1) is 23.7 Å². The molecule has 4 N–H and O–H groups in total. The third kappa shape index (κ3) is 4.64. The van der Waals surface area contributed by atoms with Gasteiger partial charge in [-0.2, -0.15) is 5.10 Å². The number of rotatable bonds is 8. The molecule has 152 valence electrons.